The van der Waals surface area contributed by atoms with Crippen LogP contribution in [0.3, 0.4) is 0 Å². The van der Waals surface area contributed by atoms with E-state index in [1.165, 1.54) is 0 Å². The van der Waals surface area contributed by atoms with Crippen molar-refractivity contribution < 1.29 is 19.0 Å². The first-order valence-corrected chi connectivity index (χ1v) is 3.31. The van der Waals surface area contributed by atoms with Gasteiger partial charge in [-0.3, -0.25) is 4.79 Å². The first kappa shape index (κ1) is 8.42. The quantitative estimate of drug-likeness (QED) is 0.548. The Bertz CT molecular complexity index is 175. The van der Waals surface area contributed by atoms with E-state index in [4.69, 9.17) is 15.6 Å². The highest BCUT2D eigenvalue weighted by molar-refractivity contribution is 5.79. The van der Waals surface area contributed by atoms with E-state index in [1.807, 2.05) is 0 Å². The molecule has 11 heavy (non-hydrogen) atoms. The molecule has 0 aromatic heterocycles. The van der Waals surface area contributed by atoms with Crippen LogP contribution < -0.4 is 5.73 Å². The summed E-state index contributed by atoms with van der Waals surface area (Å²) in [6.07, 6.45) is -1.45. The average Bonchev–Trinajstić information content (AvgIpc) is 1.95. The summed E-state index contributed by atoms with van der Waals surface area (Å²) in [5.41, 5.74) is 3.41. The van der Waals surface area contributed by atoms with E-state index in [0.29, 0.717) is 0 Å². The summed E-state index contributed by atoms with van der Waals surface area (Å²) in [5.74, 6) is -1.34. The highest BCUT2D eigenvalue weighted by Gasteiger charge is 2.45. The molecule has 3 N–H and O–H groups in total. The van der Waals surface area contributed by atoms with Gasteiger partial charge in [-0.25, -0.2) is 4.39 Å². The van der Waals surface area contributed by atoms with Crippen molar-refractivity contribution in [2.24, 2.45) is 5.73 Å². The molecule has 1 fully saturated rings. The topological polar surface area (TPSA) is 72.6 Å². The number of hydrogen-bond donors (Lipinski definition) is 2. The Balaban J connectivity index is 2.72. The number of alkyl halides is 1. The van der Waals surface area contributed by atoms with Crippen LogP contribution in [0.25, 0.3) is 0 Å². The maximum absolute atomic E-state index is 12.9. The minimum atomic E-state index is -1.84. The summed E-state index contributed by atoms with van der Waals surface area (Å²) >= 11 is 0. The lowest BCUT2D eigenvalue weighted by atomic mass is 9.92. The number of aliphatic carboxylic acids is 1. The molecule has 1 saturated heterocycles. The third kappa shape index (κ3) is 1.34. The first-order valence-electron chi connectivity index (χ1n) is 3.31. The van der Waals surface area contributed by atoms with E-state index in [2.05, 4.69) is 0 Å². The molecule has 1 aliphatic rings. The van der Waals surface area contributed by atoms with Crippen molar-refractivity contribution in [3.8, 4) is 0 Å². The third-order valence-corrected chi connectivity index (χ3v) is 1.81. The fraction of sp³-hybridized carbons (Fsp3) is 0.833. The van der Waals surface area contributed by atoms with Crippen molar-refractivity contribution in [2.75, 3.05) is 13.2 Å². The molecule has 0 amide bonds. The molecule has 0 aromatic carbocycles. The van der Waals surface area contributed by atoms with Gasteiger partial charge in [-0.15, -0.1) is 0 Å². The van der Waals surface area contributed by atoms with Gasteiger partial charge in [-0.2, -0.15) is 0 Å². The number of carboxylic acid groups (broad SMARTS) is 1. The van der Waals surface area contributed by atoms with Gasteiger partial charge in [0.05, 0.1) is 6.61 Å². The second-order valence-electron chi connectivity index (χ2n) is 2.65. The monoisotopic (exact) mass is 163 g/mol. The predicted octanol–water partition coefficient (Wildman–Crippen LogP) is -0.473. The number of rotatable bonds is 1. The van der Waals surface area contributed by atoms with Crippen LogP contribution in [0.1, 0.15) is 6.42 Å². The zero-order valence-corrected chi connectivity index (χ0v) is 5.92. The molecule has 0 spiro atoms. The van der Waals surface area contributed by atoms with E-state index in [0.717, 1.165) is 0 Å². The van der Waals surface area contributed by atoms with E-state index >= 15 is 0 Å². The van der Waals surface area contributed by atoms with Crippen LogP contribution in [0, 0.1) is 0 Å². The SMILES string of the molecule is NC1(C(=O)O)COCCC1F. The molecule has 5 heteroatoms. The summed E-state index contributed by atoms with van der Waals surface area (Å²) in [6, 6.07) is 0. The number of carboxylic acids is 1. The molecule has 0 aromatic rings. The summed E-state index contributed by atoms with van der Waals surface area (Å²) < 4.78 is 17.7. The van der Waals surface area contributed by atoms with Crippen molar-refractivity contribution in [3.05, 3.63) is 0 Å². The Kier molecular flexibility index (Phi) is 2.10. The number of ether oxygens (including phenoxy) is 1. The lowest BCUT2D eigenvalue weighted by molar-refractivity contribution is -0.153. The maximum Gasteiger partial charge on any atom is 0.329 e. The number of carbonyl (C=O) groups is 1. The minimum absolute atomic E-state index is 0.0583. The zero-order chi connectivity index (χ0) is 8.48. The second-order valence-corrected chi connectivity index (χ2v) is 2.65. The number of hydrogen-bond acceptors (Lipinski definition) is 3. The van der Waals surface area contributed by atoms with Crippen molar-refractivity contribution >= 4 is 5.97 Å². The maximum atomic E-state index is 12.9. The Morgan fingerprint density at radius 1 is 1.82 bits per heavy atom. The highest BCUT2D eigenvalue weighted by Crippen LogP contribution is 2.20. The predicted molar refractivity (Wildman–Crippen MR) is 34.9 cm³/mol. The largest absolute Gasteiger partial charge is 0.480 e. The highest BCUT2D eigenvalue weighted by atomic mass is 19.1. The normalized spacial score (nSPS) is 38.5. The third-order valence-electron chi connectivity index (χ3n) is 1.81. The van der Waals surface area contributed by atoms with Gasteiger partial charge in [0.1, 0.15) is 6.17 Å². The molecular formula is C6H10FNO3. The van der Waals surface area contributed by atoms with Crippen molar-refractivity contribution in [3.63, 3.8) is 0 Å². The van der Waals surface area contributed by atoms with Crippen LogP contribution in [0.4, 0.5) is 4.39 Å². The van der Waals surface area contributed by atoms with Crippen LogP contribution in [0.5, 0.6) is 0 Å². The molecule has 2 atom stereocenters. The smallest absolute Gasteiger partial charge is 0.329 e. The van der Waals surface area contributed by atoms with Crippen molar-refractivity contribution in [2.45, 2.75) is 18.1 Å². The standard InChI is InChI=1S/C6H10FNO3/c7-4-1-2-11-3-6(4,8)5(9)10/h4H,1-3,8H2,(H,9,10). The Morgan fingerprint density at radius 2 is 2.45 bits per heavy atom. The van der Waals surface area contributed by atoms with Gasteiger partial charge >= 0.3 is 5.97 Å². The minimum Gasteiger partial charge on any atom is -0.480 e. The molecule has 1 aliphatic heterocycles. The van der Waals surface area contributed by atoms with Gasteiger partial charge in [0, 0.05) is 13.0 Å². The fourth-order valence-electron chi connectivity index (χ4n) is 0.972. The van der Waals surface area contributed by atoms with Crippen LogP contribution in [0.15, 0.2) is 0 Å². The molecule has 1 rings (SSSR count). The van der Waals surface area contributed by atoms with E-state index in [9.17, 15) is 9.18 Å². The van der Waals surface area contributed by atoms with Gasteiger partial charge < -0.3 is 15.6 Å². The molecule has 0 radical (unpaired) electrons. The fourth-order valence-corrected chi connectivity index (χ4v) is 0.972. The van der Waals surface area contributed by atoms with Crippen LogP contribution in [0.2, 0.25) is 0 Å². The molecule has 4 nitrogen and oxygen atoms in total. The van der Waals surface area contributed by atoms with Gasteiger partial charge in [-0.1, -0.05) is 0 Å². The molecule has 2 unspecified atom stereocenters. The van der Waals surface area contributed by atoms with Gasteiger partial charge in [0.15, 0.2) is 5.54 Å². The lowest BCUT2D eigenvalue weighted by Gasteiger charge is -2.32. The first-order chi connectivity index (χ1) is 5.07. The molecule has 0 saturated carbocycles. The number of halogens is 1. The van der Waals surface area contributed by atoms with E-state index in [1.54, 1.807) is 0 Å². The lowest BCUT2D eigenvalue weighted by Crippen LogP contribution is -2.61. The second kappa shape index (κ2) is 2.75. The van der Waals surface area contributed by atoms with Gasteiger partial charge in [-0.05, 0) is 0 Å². The zero-order valence-electron chi connectivity index (χ0n) is 5.92. The molecular weight excluding hydrogens is 153 g/mol. The van der Waals surface area contributed by atoms with Crippen molar-refractivity contribution in [1.29, 1.82) is 0 Å². The summed E-state index contributed by atoms with van der Waals surface area (Å²) in [4.78, 5) is 10.4. The van der Waals surface area contributed by atoms with Crippen LogP contribution >= 0.6 is 0 Å². The molecule has 1 heterocycles. The van der Waals surface area contributed by atoms with Gasteiger partial charge in [0.25, 0.3) is 0 Å². The van der Waals surface area contributed by atoms with Crippen LogP contribution in [-0.2, 0) is 9.53 Å². The average molecular weight is 163 g/mol. The molecule has 64 valence electrons. The Labute approximate surface area is 63.1 Å². The Morgan fingerprint density at radius 3 is 2.82 bits per heavy atom. The van der Waals surface area contributed by atoms with E-state index < -0.39 is 17.7 Å². The number of nitrogens with two attached hydrogens (primary N) is 1. The summed E-state index contributed by atoms with van der Waals surface area (Å²) in [6.45, 7) is -0.00308. The van der Waals surface area contributed by atoms with E-state index in [-0.39, 0.29) is 19.6 Å². The van der Waals surface area contributed by atoms with Crippen LogP contribution in [-0.4, -0.2) is 36.0 Å². The summed E-state index contributed by atoms with van der Waals surface area (Å²) in [7, 11) is 0. The van der Waals surface area contributed by atoms with Crippen molar-refractivity contribution in [1.82, 2.24) is 0 Å². The Hall–Kier alpha value is -0.680. The molecule has 0 bridgehead atoms. The van der Waals surface area contributed by atoms with Gasteiger partial charge in [0.2, 0.25) is 0 Å². The summed E-state index contributed by atoms with van der Waals surface area (Å²) in [5, 5.41) is 8.52. The molecule has 0 aliphatic carbocycles.